The molecule has 0 N–H and O–H groups in total. The van der Waals surface area contributed by atoms with Crippen molar-refractivity contribution < 1.29 is 18.1 Å². The molecule has 1 aliphatic rings. The topological polar surface area (TPSA) is 64.2 Å². The van der Waals surface area contributed by atoms with Crippen LogP contribution in [0.2, 0.25) is 0 Å². The predicted molar refractivity (Wildman–Crippen MR) is 106 cm³/mol. The summed E-state index contributed by atoms with van der Waals surface area (Å²) in [5.74, 6) is -0.729. The van der Waals surface area contributed by atoms with Crippen molar-refractivity contribution in [3.8, 4) is 0 Å². The van der Waals surface area contributed by atoms with Gasteiger partial charge in [0.1, 0.15) is 0 Å². The minimum Gasteiger partial charge on any atom is -0.320 e. The Balaban J connectivity index is 1.43. The van der Waals surface area contributed by atoms with Crippen LogP contribution >= 0.6 is 0 Å². The number of fused-ring (bicyclic) bond motifs is 1. The molecule has 0 saturated carbocycles. The molecule has 3 aromatic rings. The highest BCUT2D eigenvalue weighted by Gasteiger charge is 2.38. The van der Waals surface area contributed by atoms with Crippen LogP contribution in [0.4, 0.5) is 18.9 Å². The Labute approximate surface area is 171 Å². The first-order valence-corrected chi connectivity index (χ1v) is 9.79. The van der Waals surface area contributed by atoms with E-state index in [1.807, 2.05) is 6.07 Å². The highest BCUT2D eigenvalue weighted by Crippen LogP contribution is 2.33. The fourth-order valence-electron chi connectivity index (χ4n) is 4.09. The number of alkyl halides is 3. The van der Waals surface area contributed by atoms with E-state index in [0.29, 0.717) is 17.6 Å². The third-order valence-electron chi connectivity index (χ3n) is 5.58. The lowest BCUT2D eigenvalue weighted by atomic mass is 9.96. The Morgan fingerprint density at radius 2 is 1.83 bits per heavy atom. The molecule has 0 bridgehead atoms. The first kappa shape index (κ1) is 20.3. The average molecular weight is 418 g/mol. The molecule has 2 heterocycles. The van der Waals surface area contributed by atoms with Crippen LogP contribution < -0.4 is 0 Å². The van der Waals surface area contributed by atoms with Gasteiger partial charge in [-0.1, -0.05) is 24.3 Å². The Hall–Kier alpha value is -2.94. The Morgan fingerprint density at radius 3 is 2.53 bits per heavy atom. The Morgan fingerprint density at radius 1 is 1.10 bits per heavy atom. The van der Waals surface area contributed by atoms with Crippen LogP contribution in [0.3, 0.4) is 0 Å². The summed E-state index contributed by atoms with van der Waals surface area (Å²) in [6, 6.07) is 13.2. The monoisotopic (exact) mass is 418 g/mol. The van der Waals surface area contributed by atoms with Gasteiger partial charge in [-0.2, -0.15) is 13.2 Å². The smallest absolute Gasteiger partial charge is 0.320 e. The fraction of sp³-hybridized carbons (Fsp3) is 0.381. The number of hydrogen-bond donors (Lipinski definition) is 0. The molecule has 2 aromatic carbocycles. The maximum atomic E-state index is 13.5. The van der Waals surface area contributed by atoms with Crippen LogP contribution in [0.5, 0.6) is 0 Å². The summed E-state index contributed by atoms with van der Waals surface area (Å²) in [6.45, 7) is 2.35. The first-order chi connectivity index (χ1) is 14.3. The summed E-state index contributed by atoms with van der Waals surface area (Å²) in [6.07, 6.45) is -2.97. The van der Waals surface area contributed by atoms with E-state index in [-0.39, 0.29) is 18.2 Å². The van der Waals surface area contributed by atoms with Crippen molar-refractivity contribution in [2.75, 3.05) is 13.1 Å². The number of hydrogen-bond acceptors (Lipinski definition) is 4. The van der Waals surface area contributed by atoms with Crippen molar-refractivity contribution in [2.24, 2.45) is 5.92 Å². The quantitative estimate of drug-likeness (QED) is 0.438. The molecule has 0 atom stereocenters. The second kappa shape index (κ2) is 8.06. The summed E-state index contributed by atoms with van der Waals surface area (Å²) in [5, 5.41) is 10.9. The largest absolute Gasteiger partial charge is 0.449 e. The number of non-ortho nitro benzene ring substituents is 1. The second-order valence-corrected chi connectivity index (χ2v) is 7.68. The van der Waals surface area contributed by atoms with Crippen molar-refractivity contribution in [2.45, 2.75) is 32.1 Å². The van der Waals surface area contributed by atoms with Crippen LogP contribution in [-0.2, 0) is 19.3 Å². The van der Waals surface area contributed by atoms with Gasteiger partial charge < -0.3 is 4.57 Å². The van der Waals surface area contributed by atoms with E-state index in [9.17, 15) is 23.3 Å². The number of likely N-dealkylation sites (tertiary alicyclic amines) is 1. The molecule has 6 nitrogen and oxygen atoms in total. The number of nitro groups is 1. The van der Waals surface area contributed by atoms with Crippen molar-refractivity contribution >= 4 is 16.7 Å². The molecule has 1 fully saturated rings. The number of piperidine rings is 1. The maximum Gasteiger partial charge on any atom is 0.449 e. The number of para-hydroxylation sites is 2. The van der Waals surface area contributed by atoms with E-state index >= 15 is 0 Å². The SMILES string of the molecule is O=[N+]([O-])c1cccc(CN2CCC(Cn3c(C(F)(F)F)nc4ccccc43)CC2)c1. The number of nitro benzene ring substituents is 1. The van der Waals surface area contributed by atoms with Gasteiger partial charge in [-0.3, -0.25) is 15.0 Å². The van der Waals surface area contributed by atoms with E-state index in [2.05, 4.69) is 9.88 Å². The summed E-state index contributed by atoms with van der Waals surface area (Å²) >= 11 is 0. The van der Waals surface area contributed by atoms with Gasteiger partial charge in [0.25, 0.3) is 5.69 Å². The zero-order valence-electron chi connectivity index (χ0n) is 16.2. The highest BCUT2D eigenvalue weighted by atomic mass is 19.4. The van der Waals surface area contributed by atoms with Gasteiger partial charge in [0.05, 0.1) is 16.0 Å². The molecule has 0 amide bonds. The zero-order chi connectivity index (χ0) is 21.3. The molecule has 158 valence electrons. The van der Waals surface area contributed by atoms with Crippen LogP contribution in [0.1, 0.15) is 24.2 Å². The molecule has 1 aromatic heterocycles. The van der Waals surface area contributed by atoms with Crippen LogP contribution in [0.15, 0.2) is 48.5 Å². The van der Waals surface area contributed by atoms with Gasteiger partial charge in [0.15, 0.2) is 0 Å². The summed E-state index contributed by atoms with van der Waals surface area (Å²) in [4.78, 5) is 16.5. The normalized spacial score (nSPS) is 16.2. The summed E-state index contributed by atoms with van der Waals surface area (Å²) in [5.41, 5.74) is 1.79. The predicted octanol–water partition coefficient (Wildman–Crippen LogP) is 4.88. The molecule has 9 heteroatoms. The molecule has 1 aliphatic heterocycles. The summed E-state index contributed by atoms with van der Waals surface area (Å²) < 4.78 is 41.8. The van der Waals surface area contributed by atoms with Gasteiger partial charge in [0, 0.05) is 25.2 Å². The Bertz CT molecular complexity index is 1060. The van der Waals surface area contributed by atoms with Crippen LogP contribution in [0, 0.1) is 16.0 Å². The van der Waals surface area contributed by atoms with Crippen molar-refractivity contribution in [1.82, 2.24) is 14.5 Å². The van der Waals surface area contributed by atoms with E-state index in [1.165, 1.54) is 10.6 Å². The lowest BCUT2D eigenvalue weighted by Gasteiger charge is -2.32. The molecule has 0 aliphatic carbocycles. The van der Waals surface area contributed by atoms with Gasteiger partial charge in [0.2, 0.25) is 5.82 Å². The van der Waals surface area contributed by atoms with E-state index < -0.39 is 16.9 Å². The number of halogens is 3. The van der Waals surface area contributed by atoms with Crippen molar-refractivity contribution in [3.05, 3.63) is 70.0 Å². The molecule has 0 spiro atoms. The van der Waals surface area contributed by atoms with Crippen molar-refractivity contribution in [3.63, 3.8) is 0 Å². The standard InChI is InChI=1S/C21H21F3N4O2/c22-21(23,24)20-25-18-6-1-2-7-19(18)27(20)14-15-8-10-26(11-9-15)13-16-4-3-5-17(12-16)28(29)30/h1-7,12,15H,8-11,13-14H2. The number of nitrogens with zero attached hydrogens (tertiary/aromatic N) is 4. The number of aromatic nitrogens is 2. The summed E-state index contributed by atoms with van der Waals surface area (Å²) in [7, 11) is 0. The van der Waals surface area contributed by atoms with Gasteiger partial charge in [-0.05, 0) is 49.5 Å². The maximum absolute atomic E-state index is 13.5. The number of imidazole rings is 1. The minimum atomic E-state index is -4.50. The van der Waals surface area contributed by atoms with E-state index in [0.717, 1.165) is 31.5 Å². The van der Waals surface area contributed by atoms with Gasteiger partial charge >= 0.3 is 6.18 Å². The number of benzene rings is 2. The van der Waals surface area contributed by atoms with E-state index in [1.54, 1.807) is 36.4 Å². The van der Waals surface area contributed by atoms with E-state index in [4.69, 9.17) is 0 Å². The van der Waals surface area contributed by atoms with Crippen LogP contribution in [-0.4, -0.2) is 32.5 Å². The third-order valence-corrected chi connectivity index (χ3v) is 5.58. The van der Waals surface area contributed by atoms with Crippen LogP contribution in [0.25, 0.3) is 11.0 Å². The molecule has 4 rings (SSSR count). The first-order valence-electron chi connectivity index (χ1n) is 9.79. The highest BCUT2D eigenvalue weighted by molar-refractivity contribution is 5.76. The average Bonchev–Trinajstić information content (AvgIpc) is 3.09. The molecule has 30 heavy (non-hydrogen) atoms. The molecule has 0 unspecified atom stereocenters. The third kappa shape index (κ3) is 4.30. The minimum absolute atomic E-state index is 0.0639. The fourth-order valence-corrected chi connectivity index (χ4v) is 4.09. The molecule has 1 saturated heterocycles. The molecule has 0 radical (unpaired) electrons. The van der Waals surface area contributed by atoms with Gasteiger partial charge in [-0.25, -0.2) is 4.98 Å². The lowest BCUT2D eigenvalue weighted by Crippen LogP contribution is -2.35. The van der Waals surface area contributed by atoms with Crippen molar-refractivity contribution in [1.29, 1.82) is 0 Å². The van der Waals surface area contributed by atoms with Gasteiger partial charge in [-0.15, -0.1) is 0 Å². The molecular formula is C21H21F3N4O2. The Kier molecular flexibility index (Phi) is 5.46. The zero-order valence-corrected chi connectivity index (χ0v) is 16.2. The second-order valence-electron chi connectivity index (χ2n) is 7.68. The lowest BCUT2D eigenvalue weighted by molar-refractivity contribution is -0.384. The number of rotatable bonds is 5. The molecular weight excluding hydrogens is 397 g/mol.